The van der Waals surface area contributed by atoms with Gasteiger partial charge >= 0.3 is 0 Å². The first-order valence-corrected chi connectivity index (χ1v) is 19.9. The Hall–Kier alpha value is -4.04. The van der Waals surface area contributed by atoms with Gasteiger partial charge in [0.1, 0.15) is 75.4 Å². The van der Waals surface area contributed by atoms with Gasteiger partial charge in [0, 0.05) is 90.3 Å². The maximum atomic E-state index is 9.68. The van der Waals surface area contributed by atoms with Crippen LogP contribution in [0, 0.1) is 0 Å². The van der Waals surface area contributed by atoms with Crippen molar-refractivity contribution in [3.8, 4) is 0 Å². The minimum absolute atomic E-state index is 0.283. The van der Waals surface area contributed by atoms with Crippen molar-refractivity contribution in [2.75, 3.05) is 13.2 Å². The van der Waals surface area contributed by atoms with E-state index in [2.05, 4.69) is 0 Å². The van der Waals surface area contributed by atoms with Crippen molar-refractivity contribution < 1.29 is 67.7 Å². The highest BCUT2D eigenvalue weighted by atomic mass is 16.3. The summed E-state index contributed by atoms with van der Waals surface area (Å²) < 4.78 is 0. The molecule has 0 rings (SSSR count). The molecule has 326 valence electrons. The van der Waals surface area contributed by atoms with Crippen molar-refractivity contribution >= 4 is 75.4 Å². The molecule has 0 aliphatic rings. The van der Waals surface area contributed by atoms with Gasteiger partial charge in [-0.25, -0.2) is 0 Å². The second-order valence-electron chi connectivity index (χ2n) is 11.6. The largest absolute Gasteiger partial charge is 0.396 e. The van der Waals surface area contributed by atoms with E-state index in [1.807, 2.05) is 0 Å². The van der Waals surface area contributed by atoms with Gasteiger partial charge in [-0.1, -0.05) is 12.8 Å². The molecular weight excluding hydrogens is 728 g/mol. The van der Waals surface area contributed by atoms with Crippen LogP contribution >= 0.6 is 0 Å². The summed E-state index contributed by atoms with van der Waals surface area (Å²) in [4.78, 5) is 116. The smallest absolute Gasteiger partial charge is 0.119 e. The molecule has 0 heterocycles. The molecule has 0 amide bonds. The molecule has 14 nitrogen and oxygen atoms in total. The lowest BCUT2D eigenvalue weighted by Gasteiger charge is -1.93. The fraction of sp³-hybridized carbons (Fsp3) is 0.714. The molecule has 0 aromatic carbocycles. The van der Waals surface area contributed by atoms with Crippen LogP contribution in [-0.2, 0) is 57.5 Å². The van der Waals surface area contributed by atoms with Crippen molar-refractivity contribution in [3.63, 3.8) is 0 Å². The summed E-state index contributed by atoms with van der Waals surface area (Å²) >= 11 is 0. The summed E-state index contributed by atoms with van der Waals surface area (Å²) in [5.74, 6) is 0. The molecule has 0 bridgehead atoms. The third-order valence-corrected chi connectivity index (χ3v) is 6.43. The fourth-order valence-electron chi connectivity index (χ4n) is 3.31. The number of aliphatic hydroxyl groups excluding tert-OH is 2. The highest BCUT2D eigenvalue weighted by Gasteiger charge is 1.87. The van der Waals surface area contributed by atoms with Crippen LogP contribution in [0.15, 0.2) is 0 Å². The van der Waals surface area contributed by atoms with Crippen LogP contribution in [0.5, 0.6) is 0 Å². The number of rotatable bonds is 35. The molecule has 0 spiro atoms. The highest BCUT2D eigenvalue weighted by Crippen LogP contribution is 1.98. The maximum Gasteiger partial charge on any atom is 0.119 e. The van der Waals surface area contributed by atoms with Gasteiger partial charge in [0.2, 0.25) is 0 Å². The molecule has 0 aliphatic heterocycles. The van der Waals surface area contributed by atoms with Crippen LogP contribution in [0.3, 0.4) is 0 Å². The van der Waals surface area contributed by atoms with Gasteiger partial charge in [0.05, 0.1) is 0 Å². The van der Waals surface area contributed by atoms with Crippen molar-refractivity contribution in [2.24, 2.45) is 0 Å². The number of hydrogen-bond donors (Lipinski definition) is 2. The lowest BCUT2D eigenvalue weighted by atomic mass is 10.2. The standard InChI is InChI=1S/C6H14O2.6C6H10O2/c7*7-5-3-1-2-4-6-8/h7-8H,1-6H2;6*5-6H,1-4H2. The second kappa shape index (κ2) is 88.3. The van der Waals surface area contributed by atoms with Crippen LogP contribution in [-0.4, -0.2) is 98.9 Å². The molecule has 0 aromatic heterocycles. The Kier molecular flexibility index (Phi) is 105. The first-order valence-electron chi connectivity index (χ1n) is 19.9. The molecule has 0 aliphatic carbocycles. The van der Waals surface area contributed by atoms with E-state index in [1.54, 1.807) is 0 Å². The molecule has 56 heavy (non-hydrogen) atoms. The van der Waals surface area contributed by atoms with Crippen molar-refractivity contribution in [3.05, 3.63) is 0 Å². The molecule has 0 fully saturated rings. The third kappa shape index (κ3) is 125. The number of aliphatic hydroxyl groups is 2. The molecule has 2 N–H and O–H groups in total. The van der Waals surface area contributed by atoms with Gasteiger partial charge in [-0.3, -0.25) is 0 Å². The lowest BCUT2D eigenvalue weighted by Crippen LogP contribution is -1.85. The van der Waals surface area contributed by atoms with Gasteiger partial charge in [0.25, 0.3) is 0 Å². The molecule has 0 saturated carbocycles. The summed E-state index contributed by atoms with van der Waals surface area (Å²) in [5.41, 5.74) is 0. The first kappa shape index (κ1) is 66.8. The molecule has 0 atom stereocenters. The van der Waals surface area contributed by atoms with E-state index in [-0.39, 0.29) is 13.2 Å². The summed E-state index contributed by atoms with van der Waals surface area (Å²) in [6, 6.07) is 0. The number of hydrogen-bond acceptors (Lipinski definition) is 14. The van der Waals surface area contributed by atoms with Crippen LogP contribution in [0.1, 0.15) is 180 Å². The molecular formula is C42H74O14. The quantitative estimate of drug-likeness (QED) is 0.0535. The van der Waals surface area contributed by atoms with Gasteiger partial charge in [-0.05, 0) is 89.9 Å². The van der Waals surface area contributed by atoms with Crippen LogP contribution in [0.2, 0.25) is 0 Å². The number of aldehydes is 12. The molecule has 0 unspecified atom stereocenters. The molecule has 14 heteroatoms. The van der Waals surface area contributed by atoms with Gasteiger partial charge in [-0.15, -0.1) is 0 Å². The summed E-state index contributed by atoms with van der Waals surface area (Å²) in [6.07, 6.45) is 31.7. The van der Waals surface area contributed by atoms with E-state index in [4.69, 9.17) is 10.2 Å². The molecule has 0 aromatic rings. The van der Waals surface area contributed by atoms with Crippen molar-refractivity contribution in [2.45, 2.75) is 180 Å². The summed E-state index contributed by atoms with van der Waals surface area (Å²) in [6.45, 7) is 0.566. The summed E-state index contributed by atoms with van der Waals surface area (Å²) in [7, 11) is 0. The van der Waals surface area contributed by atoms with Crippen molar-refractivity contribution in [1.82, 2.24) is 0 Å². The zero-order chi connectivity index (χ0) is 43.7. The van der Waals surface area contributed by atoms with Crippen LogP contribution in [0.25, 0.3) is 0 Å². The third-order valence-electron chi connectivity index (χ3n) is 6.43. The summed E-state index contributed by atoms with van der Waals surface area (Å²) in [5, 5.41) is 16.6. The van der Waals surface area contributed by atoms with Crippen molar-refractivity contribution in [1.29, 1.82) is 0 Å². The highest BCUT2D eigenvalue weighted by molar-refractivity contribution is 5.53. The monoisotopic (exact) mass is 803 g/mol. The fourth-order valence-corrected chi connectivity index (χ4v) is 3.31. The molecule has 0 radical (unpaired) electrons. The normalized spacial score (nSPS) is 8.68. The zero-order valence-electron chi connectivity index (χ0n) is 33.9. The van der Waals surface area contributed by atoms with E-state index in [9.17, 15) is 57.5 Å². The van der Waals surface area contributed by atoms with Crippen LogP contribution in [0.4, 0.5) is 0 Å². The average molecular weight is 803 g/mol. The van der Waals surface area contributed by atoms with E-state index in [0.717, 1.165) is 178 Å². The number of carbonyl (C=O) groups is 12. The SMILES string of the molecule is O=CCCCCC=O.O=CCCCCC=O.O=CCCCCC=O.O=CCCCCC=O.O=CCCCCC=O.O=CCCCCC=O.OCCCCCCO. The maximum absolute atomic E-state index is 9.68. The zero-order valence-corrected chi connectivity index (χ0v) is 33.9. The number of unbranched alkanes of at least 4 members (excludes halogenated alkanes) is 21. The van der Waals surface area contributed by atoms with Gasteiger partial charge in [-0.2, -0.15) is 0 Å². The van der Waals surface area contributed by atoms with E-state index < -0.39 is 0 Å². The Balaban J connectivity index is -0.000000100. The van der Waals surface area contributed by atoms with Gasteiger partial charge < -0.3 is 67.7 Å². The topological polar surface area (TPSA) is 245 Å². The predicted octanol–water partition coefficient (Wildman–Crippen LogP) is 6.20. The van der Waals surface area contributed by atoms with Gasteiger partial charge in [0.15, 0.2) is 0 Å². The van der Waals surface area contributed by atoms with E-state index >= 15 is 0 Å². The van der Waals surface area contributed by atoms with E-state index in [1.165, 1.54) is 0 Å². The minimum Gasteiger partial charge on any atom is -0.396 e. The molecule has 0 saturated heterocycles. The second-order valence-corrected chi connectivity index (χ2v) is 11.6. The Morgan fingerprint density at radius 3 is 0.357 bits per heavy atom. The lowest BCUT2D eigenvalue weighted by molar-refractivity contribution is -0.109. The Bertz CT molecular complexity index is 598. The minimum atomic E-state index is 0.283. The Morgan fingerprint density at radius 1 is 0.179 bits per heavy atom. The Labute approximate surface area is 335 Å². The van der Waals surface area contributed by atoms with Crippen LogP contribution < -0.4 is 0 Å². The predicted molar refractivity (Wildman–Crippen MR) is 216 cm³/mol. The first-order chi connectivity index (χ1) is 27.4. The number of carbonyl (C=O) groups excluding carboxylic acids is 12. The van der Waals surface area contributed by atoms with E-state index in [0.29, 0.717) is 77.0 Å². The average Bonchev–Trinajstić information content (AvgIpc) is 3.22. The Morgan fingerprint density at radius 2 is 0.286 bits per heavy atom.